The summed E-state index contributed by atoms with van der Waals surface area (Å²) in [4.78, 5) is 0. The zero-order valence-electron chi connectivity index (χ0n) is 15.1. The summed E-state index contributed by atoms with van der Waals surface area (Å²) in [6.07, 6.45) is -10.5. The number of hydrogen-bond acceptors (Lipinski definition) is 0. The smallest absolute Gasteiger partial charge is 0.0809 e. The van der Waals surface area contributed by atoms with Gasteiger partial charge in [0.15, 0.2) is 0 Å². The number of benzene rings is 2. The van der Waals surface area contributed by atoms with Gasteiger partial charge in [0.1, 0.15) is 0 Å². The summed E-state index contributed by atoms with van der Waals surface area (Å²) >= 11 is -0.665. The number of rotatable bonds is 0. The van der Waals surface area contributed by atoms with Gasteiger partial charge in [-0.3, -0.25) is 0 Å². The Kier molecular flexibility index (Phi) is 11.8. The largest absolute Gasteiger partial charge is 1.00 e. The van der Waals surface area contributed by atoms with Gasteiger partial charge >= 0.3 is 66.1 Å². The minimum atomic E-state index is -5.23. The van der Waals surface area contributed by atoms with Gasteiger partial charge in [-0.2, -0.15) is 35.0 Å². The molecule has 30 heavy (non-hydrogen) atoms. The minimum absolute atomic E-state index is 0. The minimum Gasteiger partial charge on any atom is -1.00 e. The topological polar surface area (TPSA) is 0 Å². The summed E-state index contributed by atoms with van der Waals surface area (Å²) in [5.41, 5.74) is 0. The van der Waals surface area contributed by atoms with Crippen LogP contribution in [0.15, 0.2) is 84.9 Å². The third-order valence-corrected chi connectivity index (χ3v) is 5.06. The first-order chi connectivity index (χ1) is 13.1. The SMILES string of the molecule is FC(F)(F)[C](=[Zr+2])C(F)(F)F.[Cl-].[Cl-].c1ccc2[cH-]ccc2c1.c1ccc2[cH-]ccc2c1. The Morgan fingerprint density at radius 2 is 0.933 bits per heavy atom. The Hall–Kier alpha value is -1.43. The second-order valence-electron chi connectivity index (χ2n) is 5.68. The van der Waals surface area contributed by atoms with Crippen LogP contribution in [0.3, 0.4) is 0 Å². The van der Waals surface area contributed by atoms with Crippen molar-refractivity contribution in [1.82, 2.24) is 0 Å². The molecule has 0 aliphatic carbocycles. The van der Waals surface area contributed by atoms with Crippen molar-refractivity contribution in [3.05, 3.63) is 84.9 Å². The second-order valence-corrected chi connectivity index (χ2v) is 6.91. The summed E-state index contributed by atoms with van der Waals surface area (Å²) in [5, 5.41) is 5.32. The van der Waals surface area contributed by atoms with Crippen molar-refractivity contribution in [2.75, 3.05) is 0 Å². The van der Waals surface area contributed by atoms with E-state index in [-0.39, 0.29) is 24.8 Å². The third-order valence-electron chi connectivity index (χ3n) is 3.66. The van der Waals surface area contributed by atoms with Crippen LogP contribution in [0.4, 0.5) is 26.3 Å². The van der Waals surface area contributed by atoms with Crippen LogP contribution in [0.5, 0.6) is 0 Å². The zero-order chi connectivity index (χ0) is 20.8. The molecule has 0 radical (unpaired) electrons. The maximum atomic E-state index is 11.2. The summed E-state index contributed by atoms with van der Waals surface area (Å²) in [5.74, 6) is 0. The van der Waals surface area contributed by atoms with Crippen molar-refractivity contribution in [2.45, 2.75) is 12.4 Å². The molecule has 4 aromatic rings. The standard InChI is InChI=1S/2C9H7.C3F6.2ClH.Zr/c2*1-2-5-9-7-3-6-8(9)4-1;4-2(5,6)1-3(7,8)9;;;/h2*1-7H;;2*1H;/q2*-1;;;;+2/p-2. The normalized spacial score (nSPS) is 10.7. The molecule has 0 spiro atoms. The van der Waals surface area contributed by atoms with Crippen LogP contribution in [-0.4, -0.2) is 15.6 Å². The van der Waals surface area contributed by atoms with Crippen LogP contribution in [0.25, 0.3) is 21.5 Å². The van der Waals surface area contributed by atoms with Gasteiger partial charge in [-0.25, -0.2) is 0 Å². The van der Waals surface area contributed by atoms with Gasteiger partial charge in [0.25, 0.3) is 0 Å². The molecule has 0 N–H and O–H groups in total. The van der Waals surface area contributed by atoms with Crippen molar-refractivity contribution in [2.24, 2.45) is 0 Å². The fourth-order valence-electron chi connectivity index (χ4n) is 2.30. The second kappa shape index (κ2) is 12.4. The number of fused-ring (bicyclic) bond motifs is 2. The molecule has 0 unspecified atom stereocenters. The van der Waals surface area contributed by atoms with E-state index in [1.807, 2.05) is 0 Å². The molecular weight excluding hydrogens is 528 g/mol. The average molecular weight is 542 g/mol. The van der Waals surface area contributed by atoms with Gasteiger partial charge < -0.3 is 24.8 Å². The van der Waals surface area contributed by atoms with Crippen LogP contribution in [-0.2, 0) is 24.2 Å². The molecule has 0 aliphatic heterocycles. The molecule has 4 aromatic carbocycles. The van der Waals surface area contributed by atoms with E-state index in [1.165, 1.54) is 21.5 Å². The summed E-state index contributed by atoms with van der Waals surface area (Å²) < 4.78 is 64.9. The van der Waals surface area contributed by atoms with Crippen LogP contribution < -0.4 is 24.8 Å². The number of hydrogen-bond donors (Lipinski definition) is 0. The quantitative estimate of drug-likeness (QED) is 0.230. The van der Waals surface area contributed by atoms with Gasteiger partial charge in [0.2, 0.25) is 0 Å². The Bertz CT molecular complexity index is 889. The summed E-state index contributed by atoms with van der Waals surface area (Å²) in [7, 11) is 0. The number of halogens is 8. The molecule has 0 aromatic heterocycles. The fraction of sp³-hybridized carbons (Fsp3) is 0.0952. The molecule has 0 nitrogen and oxygen atoms in total. The van der Waals surface area contributed by atoms with Gasteiger partial charge in [-0.05, 0) is 0 Å². The average Bonchev–Trinajstić information content (AvgIpc) is 3.29. The van der Waals surface area contributed by atoms with E-state index in [9.17, 15) is 26.3 Å². The Morgan fingerprint density at radius 1 is 0.600 bits per heavy atom. The van der Waals surface area contributed by atoms with E-state index in [1.54, 1.807) is 0 Å². The molecule has 0 atom stereocenters. The van der Waals surface area contributed by atoms with E-state index >= 15 is 0 Å². The first kappa shape index (κ1) is 28.6. The monoisotopic (exact) mass is 540 g/mol. The van der Waals surface area contributed by atoms with Gasteiger partial charge in [-0.1, -0.05) is 12.1 Å². The Balaban J connectivity index is 0.000000407. The fourth-order valence-corrected chi connectivity index (χ4v) is 2.30. The molecule has 0 aliphatic rings. The Morgan fingerprint density at radius 3 is 1.20 bits per heavy atom. The number of alkyl halides is 6. The predicted molar refractivity (Wildman–Crippen MR) is 96.2 cm³/mol. The van der Waals surface area contributed by atoms with E-state index in [2.05, 4.69) is 84.9 Å². The molecule has 0 saturated carbocycles. The first-order valence-electron chi connectivity index (χ1n) is 8.03. The predicted octanol–water partition coefficient (Wildman–Crippen LogP) is 0.956. The maximum Gasteiger partial charge on any atom is -0.0809 e. The molecule has 0 bridgehead atoms. The molecule has 0 amide bonds. The maximum absolute atomic E-state index is 11.2. The van der Waals surface area contributed by atoms with Crippen molar-refractivity contribution in [1.29, 1.82) is 0 Å². The van der Waals surface area contributed by atoms with Crippen molar-refractivity contribution in [3.63, 3.8) is 0 Å². The molecular formula is C21H14Cl2F6Zr-2. The van der Waals surface area contributed by atoms with Crippen LogP contribution in [0.1, 0.15) is 0 Å². The molecule has 9 heteroatoms. The third kappa shape index (κ3) is 8.75. The van der Waals surface area contributed by atoms with Crippen LogP contribution >= 0.6 is 0 Å². The summed E-state index contributed by atoms with van der Waals surface area (Å²) in [6, 6.07) is 29.3. The van der Waals surface area contributed by atoms with Gasteiger partial charge in [0.05, 0.1) is 0 Å². The van der Waals surface area contributed by atoms with E-state index in [0.29, 0.717) is 0 Å². The van der Waals surface area contributed by atoms with Crippen molar-refractivity contribution < 1.29 is 75.4 Å². The van der Waals surface area contributed by atoms with Gasteiger partial charge in [-0.15, -0.1) is 59.3 Å². The molecule has 0 fully saturated rings. The Labute approximate surface area is 196 Å². The van der Waals surface area contributed by atoms with Crippen LogP contribution in [0.2, 0.25) is 0 Å². The van der Waals surface area contributed by atoms with E-state index in [0.717, 1.165) is 0 Å². The first-order valence-corrected chi connectivity index (χ1v) is 9.26. The van der Waals surface area contributed by atoms with Crippen LogP contribution in [0, 0.1) is 0 Å². The van der Waals surface area contributed by atoms with Gasteiger partial charge in [0, 0.05) is 0 Å². The zero-order valence-corrected chi connectivity index (χ0v) is 19.1. The van der Waals surface area contributed by atoms with E-state index in [4.69, 9.17) is 0 Å². The van der Waals surface area contributed by atoms with Crippen molar-refractivity contribution >= 4 is 24.8 Å². The molecule has 0 saturated heterocycles. The molecule has 0 heterocycles. The van der Waals surface area contributed by atoms with E-state index < -0.39 is 39.8 Å². The van der Waals surface area contributed by atoms with Crippen molar-refractivity contribution in [3.8, 4) is 0 Å². The molecule has 160 valence electrons. The molecule has 4 rings (SSSR count). The summed E-state index contributed by atoms with van der Waals surface area (Å²) in [6.45, 7) is 0.